The van der Waals surface area contributed by atoms with Crippen LogP contribution in [0.3, 0.4) is 0 Å². The van der Waals surface area contributed by atoms with Crippen molar-refractivity contribution in [1.29, 1.82) is 0 Å². The largest absolute Gasteiger partial charge is 0.396 e. The molecule has 1 aliphatic carbocycles. The van der Waals surface area contributed by atoms with Crippen molar-refractivity contribution in [3.63, 3.8) is 0 Å². The second kappa shape index (κ2) is 6.88. The fraction of sp³-hybridized carbons (Fsp3) is 0.733. The molecule has 1 aromatic rings. The van der Waals surface area contributed by atoms with Gasteiger partial charge in [0.2, 0.25) is 0 Å². The average molecular weight is 278 g/mol. The number of hydrogen-bond donors (Lipinski definition) is 3. The zero-order chi connectivity index (χ0) is 14.4. The topological polar surface area (TPSA) is 70.1 Å². The lowest BCUT2D eigenvalue weighted by molar-refractivity contribution is 0.253. The second-order valence-corrected chi connectivity index (χ2v) is 5.66. The molecule has 1 saturated carbocycles. The first-order chi connectivity index (χ1) is 9.71. The molecule has 5 heteroatoms. The summed E-state index contributed by atoms with van der Waals surface area (Å²) in [4.78, 5) is 9.08. The molecule has 1 aromatic heterocycles. The quantitative estimate of drug-likeness (QED) is 0.647. The number of nitrogens with one attached hydrogen (secondary N) is 2. The van der Waals surface area contributed by atoms with Gasteiger partial charge in [-0.2, -0.15) is 0 Å². The molecule has 0 bridgehead atoms. The van der Waals surface area contributed by atoms with E-state index < -0.39 is 0 Å². The van der Waals surface area contributed by atoms with Crippen molar-refractivity contribution >= 4 is 11.6 Å². The number of aliphatic hydroxyl groups excluding tert-OH is 1. The van der Waals surface area contributed by atoms with Crippen LogP contribution in [0.2, 0.25) is 0 Å². The number of anilines is 2. The van der Waals surface area contributed by atoms with Gasteiger partial charge in [-0.25, -0.2) is 9.97 Å². The van der Waals surface area contributed by atoms with Gasteiger partial charge in [-0.05, 0) is 38.0 Å². The molecule has 0 atom stereocenters. The van der Waals surface area contributed by atoms with E-state index in [4.69, 9.17) is 5.11 Å². The first-order valence-electron chi connectivity index (χ1n) is 7.68. The highest BCUT2D eigenvalue weighted by molar-refractivity contribution is 5.47. The van der Waals surface area contributed by atoms with Crippen LogP contribution in [0.1, 0.15) is 45.4 Å². The number of hydrogen-bond acceptors (Lipinski definition) is 5. The molecule has 112 valence electrons. The van der Waals surface area contributed by atoms with E-state index in [-0.39, 0.29) is 6.61 Å². The van der Waals surface area contributed by atoms with Crippen LogP contribution < -0.4 is 10.6 Å². The molecule has 1 aliphatic rings. The molecule has 0 radical (unpaired) electrons. The summed E-state index contributed by atoms with van der Waals surface area (Å²) in [6.07, 6.45) is 5.23. The second-order valence-electron chi connectivity index (χ2n) is 5.66. The lowest BCUT2D eigenvalue weighted by Crippen LogP contribution is -2.18. The van der Waals surface area contributed by atoms with Crippen molar-refractivity contribution in [1.82, 2.24) is 9.97 Å². The highest BCUT2D eigenvalue weighted by Gasteiger charge is 2.41. The summed E-state index contributed by atoms with van der Waals surface area (Å²) >= 11 is 0. The van der Waals surface area contributed by atoms with Gasteiger partial charge in [-0.3, -0.25) is 0 Å². The number of aromatic nitrogens is 2. The van der Waals surface area contributed by atoms with E-state index in [9.17, 15) is 0 Å². The molecule has 2 rings (SSSR count). The van der Waals surface area contributed by atoms with Crippen LogP contribution in [0, 0.1) is 5.41 Å². The van der Waals surface area contributed by atoms with Gasteiger partial charge >= 0.3 is 0 Å². The molecule has 0 unspecified atom stereocenters. The summed E-state index contributed by atoms with van der Waals surface area (Å²) in [7, 11) is 0. The standard InChI is InChI=1S/C15H26N4O/c1-3-5-12-18-13(16-4-2)10-14(19-12)17-11-15(6-7-15)8-9-20/h10,20H,3-9,11H2,1-2H3,(H2,16,17,18,19). The van der Waals surface area contributed by atoms with Gasteiger partial charge in [-0.1, -0.05) is 6.92 Å². The van der Waals surface area contributed by atoms with E-state index in [2.05, 4.69) is 34.4 Å². The van der Waals surface area contributed by atoms with Crippen molar-refractivity contribution in [2.24, 2.45) is 5.41 Å². The first-order valence-corrected chi connectivity index (χ1v) is 7.68. The Balaban J connectivity index is 2.02. The number of aryl methyl sites for hydroxylation is 1. The maximum Gasteiger partial charge on any atom is 0.133 e. The van der Waals surface area contributed by atoms with Crippen molar-refractivity contribution in [3.05, 3.63) is 11.9 Å². The third-order valence-electron chi connectivity index (χ3n) is 3.85. The zero-order valence-electron chi connectivity index (χ0n) is 12.6. The minimum atomic E-state index is 0.273. The van der Waals surface area contributed by atoms with Gasteiger partial charge in [0.05, 0.1) is 0 Å². The van der Waals surface area contributed by atoms with Gasteiger partial charge < -0.3 is 15.7 Å². The predicted octanol–water partition coefficient (Wildman–Crippen LogP) is 2.44. The predicted molar refractivity (Wildman–Crippen MR) is 82.1 cm³/mol. The van der Waals surface area contributed by atoms with Gasteiger partial charge in [0, 0.05) is 32.2 Å². The number of rotatable bonds is 9. The summed E-state index contributed by atoms with van der Waals surface area (Å²) in [5.41, 5.74) is 0.295. The molecule has 1 fully saturated rings. The summed E-state index contributed by atoms with van der Waals surface area (Å²) in [5.74, 6) is 2.67. The Morgan fingerprint density at radius 2 is 1.90 bits per heavy atom. The Hall–Kier alpha value is -1.36. The van der Waals surface area contributed by atoms with Crippen molar-refractivity contribution in [2.45, 2.75) is 46.0 Å². The molecule has 20 heavy (non-hydrogen) atoms. The smallest absolute Gasteiger partial charge is 0.133 e. The number of nitrogens with zero attached hydrogens (tertiary/aromatic N) is 2. The lowest BCUT2D eigenvalue weighted by Gasteiger charge is -2.16. The highest BCUT2D eigenvalue weighted by atomic mass is 16.3. The van der Waals surface area contributed by atoms with E-state index in [0.29, 0.717) is 5.41 Å². The van der Waals surface area contributed by atoms with Crippen LogP contribution in [0.25, 0.3) is 0 Å². The van der Waals surface area contributed by atoms with E-state index in [1.165, 1.54) is 12.8 Å². The lowest BCUT2D eigenvalue weighted by atomic mass is 10.0. The Bertz CT molecular complexity index is 408. The maximum absolute atomic E-state index is 9.10. The molecule has 0 spiro atoms. The monoisotopic (exact) mass is 278 g/mol. The van der Waals surface area contributed by atoms with E-state index in [1.807, 2.05) is 6.07 Å². The summed E-state index contributed by atoms with van der Waals surface area (Å²) in [5, 5.41) is 15.8. The molecular formula is C15H26N4O. The highest BCUT2D eigenvalue weighted by Crippen LogP contribution is 2.48. The van der Waals surface area contributed by atoms with Crippen LogP contribution in [-0.4, -0.2) is 34.8 Å². The van der Waals surface area contributed by atoms with E-state index in [1.54, 1.807) is 0 Å². The zero-order valence-corrected chi connectivity index (χ0v) is 12.6. The van der Waals surface area contributed by atoms with Crippen LogP contribution in [0.15, 0.2) is 6.07 Å². The molecule has 5 nitrogen and oxygen atoms in total. The van der Waals surface area contributed by atoms with Gasteiger partial charge in [0.1, 0.15) is 17.5 Å². The molecule has 1 heterocycles. The summed E-state index contributed by atoms with van der Waals surface area (Å²) in [6.45, 7) is 6.22. The van der Waals surface area contributed by atoms with Gasteiger partial charge in [-0.15, -0.1) is 0 Å². The molecule has 0 saturated heterocycles. The first kappa shape index (κ1) is 15.0. The van der Waals surface area contributed by atoms with Crippen LogP contribution in [-0.2, 0) is 6.42 Å². The molecule has 3 N–H and O–H groups in total. The van der Waals surface area contributed by atoms with Crippen LogP contribution in [0.4, 0.5) is 11.6 Å². The Morgan fingerprint density at radius 3 is 2.45 bits per heavy atom. The normalized spacial score (nSPS) is 15.9. The molecule has 0 aromatic carbocycles. The summed E-state index contributed by atoms with van der Waals surface area (Å²) in [6, 6.07) is 1.97. The Labute approximate surface area is 121 Å². The fourth-order valence-electron chi connectivity index (χ4n) is 2.40. The Kier molecular flexibility index (Phi) is 5.17. The van der Waals surface area contributed by atoms with Crippen molar-refractivity contribution in [2.75, 3.05) is 30.3 Å². The number of aliphatic hydroxyl groups is 1. The minimum Gasteiger partial charge on any atom is -0.396 e. The minimum absolute atomic E-state index is 0.273. The third kappa shape index (κ3) is 4.07. The SMILES string of the molecule is CCCc1nc(NCC)cc(NCC2(CCO)CC2)n1. The van der Waals surface area contributed by atoms with Gasteiger partial charge in [0.25, 0.3) is 0 Å². The van der Waals surface area contributed by atoms with Crippen LogP contribution >= 0.6 is 0 Å². The van der Waals surface area contributed by atoms with Crippen LogP contribution in [0.5, 0.6) is 0 Å². The Morgan fingerprint density at radius 1 is 1.20 bits per heavy atom. The third-order valence-corrected chi connectivity index (χ3v) is 3.85. The van der Waals surface area contributed by atoms with E-state index in [0.717, 1.165) is 49.8 Å². The fourth-order valence-corrected chi connectivity index (χ4v) is 2.40. The summed E-state index contributed by atoms with van der Waals surface area (Å²) < 4.78 is 0. The molecular weight excluding hydrogens is 252 g/mol. The van der Waals surface area contributed by atoms with Crippen molar-refractivity contribution in [3.8, 4) is 0 Å². The molecule has 0 amide bonds. The van der Waals surface area contributed by atoms with Gasteiger partial charge in [0.15, 0.2) is 0 Å². The van der Waals surface area contributed by atoms with E-state index >= 15 is 0 Å². The van der Waals surface area contributed by atoms with Crippen molar-refractivity contribution < 1.29 is 5.11 Å². The maximum atomic E-state index is 9.10. The average Bonchev–Trinajstić information content (AvgIpc) is 3.18. The molecule has 0 aliphatic heterocycles.